The molecule has 0 bridgehead atoms. The third-order valence-corrected chi connectivity index (χ3v) is 3.00. The van der Waals surface area contributed by atoms with Gasteiger partial charge in [0.05, 0.1) is 11.4 Å². The summed E-state index contributed by atoms with van der Waals surface area (Å²) in [4.78, 5) is 16.5. The third-order valence-electron chi connectivity index (χ3n) is 3.00. The molecule has 102 valence electrons. The van der Waals surface area contributed by atoms with E-state index in [1.165, 1.54) is 0 Å². The minimum absolute atomic E-state index is 0. The number of aromatic amines is 1. The van der Waals surface area contributed by atoms with Crippen LogP contribution in [0.2, 0.25) is 0 Å². The van der Waals surface area contributed by atoms with Crippen molar-refractivity contribution in [2.75, 3.05) is 0 Å². The van der Waals surface area contributed by atoms with Crippen LogP contribution in [0.3, 0.4) is 0 Å². The Balaban J connectivity index is 0.00000147. The molecule has 5 heteroatoms. The number of aromatic nitrogens is 4. The van der Waals surface area contributed by atoms with Crippen LogP contribution in [-0.4, -0.2) is 19.9 Å². The fourth-order valence-electron chi connectivity index (χ4n) is 2.07. The van der Waals surface area contributed by atoms with Crippen LogP contribution in [0.25, 0.3) is 22.8 Å². The van der Waals surface area contributed by atoms with E-state index in [9.17, 15) is 0 Å². The Kier molecular flexibility index (Phi) is 4.15. The van der Waals surface area contributed by atoms with Crippen LogP contribution in [0.1, 0.15) is 11.4 Å². The van der Waals surface area contributed by atoms with E-state index in [1.54, 1.807) is 6.20 Å². The molecule has 0 fully saturated rings. The first-order valence-electron chi connectivity index (χ1n) is 6.15. The van der Waals surface area contributed by atoms with Crippen LogP contribution in [0.4, 0.5) is 0 Å². The number of H-pyrrole nitrogens is 1. The lowest BCUT2D eigenvalue weighted by Crippen LogP contribution is -1.95. The molecule has 1 N–H and O–H groups in total. The maximum atomic E-state index is 4.59. The van der Waals surface area contributed by atoms with Gasteiger partial charge in [-0.25, -0.2) is 9.97 Å². The summed E-state index contributed by atoms with van der Waals surface area (Å²) in [7, 11) is 0. The van der Waals surface area contributed by atoms with Crippen LogP contribution >= 0.6 is 12.4 Å². The smallest absolute Gasteiger partial charge is 0.176 e. The summed E-state index contributed by atoms with van der Waals surface area (Å²) >= 11 is 0. The Morgan fingerprint density at radius 1 is 1.00 bits per heavy atom. The lowest BCUT2D eigenvalue weighted by Gasteiger charge is -2.06. The van der Waals surface area contributed by atoms with Gasteiger partial charge in [0.2, 0.25) is 0 Å². The Labute approximate surface area is 123 Å². The first-order chi connectivity index (χ1) is 9.24. The Hall–Kier alpha value is -2.20. The number of pyridine rings is 1. The molecule has 0 amide bonds. The predicted octanol–water partition coefficient (Wildman–Crippen LogP) is 3.57. The zero-order valence-electron chi connectivity index (χ0n) is 11.3. The zero-order valence-corrected chi connectivity index (χ0v) is 12.1. The van der Waals surface area contributed by atoms with Gasteiger partial charge in [0.15, 0.2) is 5.82 Å². The molecule has 0 aliphatic heterocycles. The second-order valence-corrected chi connectivity index (χ2v) is 4.43. The van der Waals surface area contributed by atoms with Crippen LogP contribution < -0.4 is 0 Å². The third kappa shape index (κ3) is 2.70. The lowest BCUT2D eigenvalue weighted by molar-refractivity contribution is 1.10. The molecular weight excluding hydrogens is 272 g/mol. The van der Waals surface area contributed by atoms with Crippen LogP contribution in [-0.2, 0) is 0 Å². The monoisotopic (exact) mass is 286 g/mol. The summed E-state index contributed by atoms with van der Waals surface area (Å²) in [6, 6.07) is 9.85. The SMILES string of the molecule is Cc1ccc(-c2ccnc(-c3ccc[nH]3)n2)c(C)n1.Cl. The van der Waals surface area contributed by atoms with Gasteiger partial charge in [-0.3, -0.25) is 4.98 Å². The van der Waals surface area contributed by atoms with Gasteiger partial charge in [0, 0.05) is 29.3 Å². The van der Waals surface area contributed by atoms with Crippen LogP contribution in [0, 0.1) is 13.8 Å². The first kappa shape index (κ1) is 14.2. The van der Waals surface area contributed by atoms with Gasteiger partial charge >= 0.3 is 0 Å². The van der Waals surface area contributed by atoms with E-state index in [2.05, 4.69) is 26.0 Å². The molecule has 0 aromatic carbocycles. The molecule has 3 rings (SSSR count). The lowest BCUT2D eigenvalue weighted by atomic mass is 10.1. The summed E-state index contributed by atoms with van der Waals surface area (Å²) in [6.45, 7) is 3.99. The average molecular weight is 287 g/mol. The summed E-state index contributed by atoms with van der Waals surface area (Å²) in [5.74, 6) is 0.697. The van der Waals surface area contributed by atoms with E-state index in [0.717, 1.165) is 28.3 Å². The highest BCUT2D eigenvalue weighted by Crippen LogP contribution is 2.22. The predicted molar refractivity (Wildman–Crippen MR) is 81.8 cm³/mol. The van der Waals surface area contributed by atoms with Crippen molar-refractivity contribution in [3.63, 3.8) is 0 Å². The van der Waals surface area contributed by atoms with Crippen molar-refractivity contribution in [2.45, 2.75) is 13.8 Å². The standard InChI is InChI=1S/C15H14N4.ClH/c1-10-5-6-12(11(2)18-10)13-7-9-17-15(19-13)14-4-3-8-16-14;/h3-9,16H,1-2H3;1H. The van der Waals surface area contributed by atoms with E-state index < -0.39 is 0 Å². The van der Waals surface area contributed by atoms with Crippen molar-refractivity contribution >= 4 is 12.4 Å². The maximum absolute atomic E-state index is 4.59. The molecule has 4 nitrogen and oxygen atoms in total. The van der Waals surface area contributed by atoms with E-state index in [-0.39, 0.29) is 12.4 Å². The molecule has 0 atom stereocenters. The summed E-state index contributed by atoms with van der Waals surface area (Å²) in [6.07, 6.45) is 3.64. The van der Waals surface area contributed by atoms with Crippen molar-refractivity contribution in [2.24, 2.45) is 0 Å². The number of halogens is 1. The summed E-state index contributed by atoms with van der Waals surface area (Å²) in [5, 5.41) is 0. The summed E-state index contributed by atoms with van der Waals surface area (Å²) in [5.41, 5.74) is 4.85. The van der Waals surface area contributed by atoms with E-state index in [0.29, 0.717) is 5.82 Å². The largest absolute Gasteiger partial charge is 0.359 e. The highest BCUT2D eigenvalue weighted by atomic mass is 35.5. The van der Waals surface area contributed by atoms with E-state index in [1.807, 2.05) is 44.3 Å². The normalized spacial score (nSPS) is 10.1. The second-order valence-electron chi connectivity index (χ2n) is 4.43. The topological polar surface area (TPSA) is 54.5 Å². The quantitative estimate of drug-likeness (QED) is 0.783. The molecule has 0 radical (unpaired) electrons. The molecule has 0 aliphatic rings. The van der Waals surface area contributed by atoms with E-state index >= 15 is 0 Å². The molecule has 0 saturated carbocycles. The molecular formula is C15H15ClN4. The molecule has 3 aromatic heterocycles. The second kappa shape index (κ2) is 5.84. The Morgan fingerprint density at radius 3 is 2.55 bits per heavy atom. The van der Waals surface area contributed by atoms with Crippen LogP contribution in [0.15, 0.2) is 42.7 Å². The van der Waals surface area contributed by atoms with Crippen molar-refractivity contribution in [3.8, 4) is 22.8 Å². The molecule has 0 aliphatic carbocycles. The molecule has 0 unspecified atom stereocenters. The Morgan fingerprint density at radius 2 is 1.85 bits per heavy atom. The number of aryl methyl sites for hydroxylation is 2. The van der Waals surface area contributed by atoms with Gasteiger partial charge in [0.1, 0.15) is 0 Å². The minimum Gasteiger partial charge on any atom is -0.359 e. The van der Waals surface area contributed by atoms with Crippen molar-refractivity contribution < 1.29 is 0 Å². The van der Waals surface area contributed by atoms with Gasteiger partial charge in [-0.2, -0.15) is 0 Å². The number of rotatable bonds is 2. The van der Waals surface area contributed by atoms with Gasteiger partial charge in [0.25, 0.3) is 0 Å². The number of hydrogen-bond donors (Lipinski definition) is 1. The molecule has 3 aromatic rings. The van der Waals surface area contributed by atoms with Gasteiger partial charge in [-0.1, -0.05) is 0 Å². The van der Waals surface area contributed by atoms with Crippen molar-refractivity contribution in [1.82, 2.24) is 19.9 Å². The van der Waals surface area contributed by atoms with Crippen LogP contribution in [0.5, 0.6) is 0 Å². The van der Waals surface area contributed by atoms with Gasteiger partial charge < -0.3 is 4.98 Å². The molecule has 0 spiro atoms. The Bertz CT molecular complexity index is 708. The summed E-state index contributed by atoms with van der Waals surface area (Å²) < 4.78 is 0. The fraction of sp³-hybridized carbons (Fsp3) is 0.133. The van der Waals surface area contributed by atoms with Gasteiger partial charge in [-0.15, -0.1) is 12.4 Å². The first-order valence-corrected chi connectivity index (χ1v) is 6.15. The molecule has 3 heterocycles. The zero-order chi connectivity index (χ0) is 13.2. The van der Waals surface area contributed by atoms with E-state index in [4.69, 9.17) is 0 Å². The minimum atomic E-state index is 0. The van der Waals surface area contributed by atoms with Crippen molar-refractivity contribution in [3.05, 3.63) is 54.1 Å². The molecule has 0 saturated heterocycles. The molecule has 20 heavy (non-hydrogen) atoms. The highest BCUT2D eigenvalue weighted by Gasteiger charge is 2.08. The number of nitrogens with zero attached hydrogens (tertiary/aromatic N) is 3. The average Bonchev–Trinajstić information content (AvgIpc) is 2.93. The van der Waals surface area contributed by atoms with Crippen molar-refractivity contribution in [1.29, 1.82) is 0 Å². The highest BCUT2D eigenvalue weighted by molar-refractivity contribution is 5.85. The fourth-order valence-corrected chi connectivity index (χ4v) is 2.07. The maximum Gasteiger partial charge on any atom is 0.176 e. The number of nitrogens with one attached hydrogen (secondary N) is 1. The van der Waals surface area contributed by atoms with Gasteiger partial charge in [-0.05, 0) is 44.2 Å². The number of hydrogen-bond acceptors (Lipinski definition) is 3.